The van der Waals surface area contributed by atoms with Crippen LogP contribution in [0.4, 0.5) is 0 Å². The van der Waals surface area contributed by atoms with Gasteiger partial charge in [0.25, 0.3) is 0 Å². The van der Waals surface area contributed by atoms with Gasteiger partial charge < -0.3 is 0 Å². The van der Waals surface area contributed by atoms with Gasteiger partial charge in [-0.15, -0.1) is 0 Å². The Morgan fingerprint density at radius 2 is 1.92 bits per heavy atom. The molecule has 1 aromatic carbocycles. The summed E-state index contributed by atoms with van der Waals surface area (Å²) >= 11 is 1.74. The Bertz CT molecular complexity index is 272. The Morgan fingerprint density at radius 1 is 1.15 bits per heavy atom. The first-order valence-corrected chi connectivity index (χ1v) is 5.35. The van der Waals surface area contributed by atoms with Crippen molar-refractivity contribution in [1.29, 1.82) is 0 Å². The van der Waals surface area contributed by atoms with E-state index in [0.29, 0.717) is 0 Å². The lowest BCUT2D eigenvalue weighted by molar-refractivity contribution is 1.22. The lowest BCUT2D eigenvalue weighted by atomic mass is 10.4. The molecule has 0 amide bonds. The molecule has 0 atom stereocenters. The van der Waals surface area contributed by atoms with E-state index >= 15 is 0 Å². The van der Waals surface area contributed by atoms with E-state index in [1.807, 2.05) is 6.07 Å². The molecule has 0 aromatic heterocycles. The fourth-order valence-electron chi connectivity index (χ4n) is 0.877. The van der Waals surface area contributed by atoms with E-state index in [2.05, 4.69) is 54.8 Å². The summed E-state index contributed by atoms with van der Waals surface area (Å²) in [5.41, 5.74) is 0. The summed E-state index contributed by atoms with van der Waals surface area (Å²) in [5.74, 6) is 0. The number of allylic oxidation sites excluding steroid dienone is 3. The van der Waals surface area contributed by atoms with Crippen molar-refractivity contribution in [2.24, 2.45) is 0 Å². The average molecular weight is 190 g/mol. The van der Waals surface area contributed by atoms with Crippen molar-refractivity contribution in [1.82, 2.24) is 0 Å². The van der Waals surface area contributed by atoms with Crippen molar-refractivity contribution in [2.45, 2.75) is 18.2 Å². The van der Waals surface area contributed by atoms with Crippen LogP contribution in [0.25, 0.3) is 0 Å². The molecule has 0 radical (unpaired) electrons. The van der Waals surface area contributed by atoms with E-state index in [9.17, 15) is 0 Å². The molecular formula is C12H14S. The predicted octanol–water partition coefficient (Wildman–Crippen LogP) is 4.26. The summed E-state index contributed by atoms with van der Waals surface area (Å²) in [6.07, 6.45) is 7.39. The van der Waals surface area contributed by atoms with Crippen LogP contribution in [-0.4, -0.2) is 0 Å². The zero-order valence-electron chi connectivity index (χ0n) is 7.81. The predicted molar refractivity (Wildman–Crippen MR) is 60.9 cm³/mol. The second-order valence-corrected chi connectivity index (χ2v) is 3.58. The molecule has 0 bridgehead atoms. The molecule has 13 heavy (non-hydrogen) atoms. The largest absolute Gasteiger partial charge is 0.0981 e. The Morgan fingerprint density at radius 3 is 2.62 bits per heavy atom. The third-order valence-corrected chi connectivity index (χ3v) is 2.35. The molecule has 0 fully saturated rings. The van der Waals surface area contributed by atoms with Crippen LogP contribution in [-0.2, 0) is 0 Å². The molecule has 1 aromatic rings. The van der Waals surface area contributed by atoms with Crippen LogP contribution < -0.4 is 0 Å². The van der Waals surface area contributed by atoms with E-state index in [4.69, 9.17) is 0 Å². The Labute approximate surface area is 84.4 Å². The van der Waals surface area contributed by atoms with E-state index in [1.54, 1.807) is 11.8 Å². The molecule has 1 heteroatoms. The molecule has 0 aliphatic rings. The Hall–Kier alpha value is -0.950. The van der Waals surface area contributed by atoms with Gasteiger partial charge in [0.2, 0.25) is 0 Å². The standard InChI is InChI=1S/C12H14S/c1-2-3-4-8-11-13-12-9-6-5-7-10-12/h3-11H,2H2,1H3. The number of benzene rings is 1. The van der Waals surface area contributed by atoms with Crippen LogP contribution in [0.5, 0.6) is 0 Å². The number of hydrogen-bond donors (Lipinski definition) is 0. The minimum Gasteiger partial charge on any atom is -0.0981 e. The summed E-state index contributed by atoms with van der Waals surface area (Å²) in [7, 11) is 0. The summed E-state index contributed by atoms with van der Waals surface area (Å²) in [5, 5.41) is 2.10. The monoisotopic (exact) mass is 190 g/mol. The fourth-order valence-corrected chi connectivity index (χ4v) is 1.52. The average Bonchev–Trinajstić information content (AvgIpc) is 2.19. The van der Waals surface area contributed by atoms with E-state index in [0.717, 1.165) is 6.42 Å². The van der Waals surface area contributed by atoms with Crippen LogP contribution in [0.1, 0.15) is 13.3 Å². The highest BCUT2D eigenvalue weighted by molar-refractivity contribution is 8.02. The van der Waals surface area contributed by atoms with Crippen LogP contribution in [0.15, 0.2) is 58.9 Å². The van der Waals surface area contributed by atoms with Crippen LogP contribution in [0, 0.1) is 0 Å². The van der Waals surface area contributed by atoms with Gasteiger partial charge in [-0.1, -0.05) is 55.1 Å². The number of thioether (sulfide) groups is 1. The first-order chi connectivity index (χ1) is 6.43. The Kier molecular flexibility index (Phi) is 5.11. The molecular weight excluding hydrogens is 176 g/mol. The van der Waals surface area contributed by atoms with Gasteiger partial charge in [-0.25, -0.2) is 0 Å². The Balaban J connectivity index is 2.35. The quantitative estimate of drug-likeness (QED) is 0.505. The van der Waals surface area contributed by atoms with Crippen molar-refractivity contribution in [3.8, 4) is 0 Å². The third-order valence-electron chi connectivity index (χ3n) is 1.51. The minimum absolute atomic E-state index is 1.10. The van der Waals surface area contributed by atoms with Crippen LogP contribution in [0.2, 0.25) is 0 Å². The van der Waals surface area contributed by atoms with E-state index in [1.165, 1.54) is 4.90 Å². The molecule has 0 heterocycles. The van der Waals surface area contributed by atoms with E-state index in [-0.39, 0.29) is 0 Å². The molecule has 68 valence electrons. The summed E-state index contributed by atoms with van der Waals surface area (Å²) < 4.78 is 0. The highest BCUT2D eigenvalue weighted by atomic mass is 32.2. The van der Waals surface area contributed by atoms with Crippen molar-refractivity contribution < 1.29 is 0 Å². The van der Waals surface area contributed by atoms with Gasteiger partial charge in [0.15, 0.2) is 0 Å². The number of rotatable bonds is 4. The van der Waals surface area contributed by atoms with Crippen molar-refractivity contribution in [3.63, 3.8) is 0 Å². The van der Waals surface area contributed by atoms with Crippen molar-refractivity contribution in [2.75, 3.05) is 0 Å². The molecule has 0 aliphatic carbocycles. The van der Waals surface area contributed by atoms with Gasteiger partial charge in [-0.3, -0.25) is 0 Å². The highest BCUT2D eigenvalue weighted by Gasteiger charge is 1.84. The molecule has 0 spiro atoms. The maximum atomic E-state index is 2.14. The van der Waals surface area contributed by atoms with Gasteiger partial charge in [-0.05, 0) is 24.0 Å². The van der Waals surface area contributed by atoms with Gasteiger partial charge in [0.05, 0.1) is 0 Å². The lowest BCUT2D eigenvalue weighted by Crippen LogP contribution is -1.63. The first kappa shape index (κ1) is 10.1. The minimum atomic E-state index is 1.10. The smallest absolute Gasteiger partial charge is 0.0116 e. The molecule has 0 N–H and O–H groups in total. The fraction of sp³-hybridized carbons (Fsp3) is 0.167. The zero-order valence-corrected chi connectivity index (χ0v) is 8.63. The first-order valence-electron chi connectivity index (χ1n) is 4.47. The van der Waals surface area contributed by atoms with Crippen molar-refractivity contribution >= 4 is 11.8 Å². The van der Waals surface area contributed by atoms with Crippen LogP contribution in [0.3, 0.4) is 0 Å². The highest BCUT2D eigenvalue weighted by Crippen LogP contribution is 2.17. The molecule has 0 aliphatic heterocycles. The molecule has 0 nitrogen and oxygen atoms in total. The summed E-state index contributed by atoms with van der Waals surface area (Å²) in [6, 6.07) is 10.4. The second-order valence-electron chi connectivity index (χ2n) is 2.60. The van der Waals surface area contributed by atoms with Crippen LogP contribution >= 0.6 is 11.8 Å². The van der Waals surface area contributed by atoms with Crippen molar-refractivity contribution in [3.05, 3.63) is 54.0 Å². The topological polar surface area (TPSA) is 0 Å². The molecule has 0 saturated carbocycles. The maximum absolute atomic E-state index is 2.14. The third kappa shape index (κ3) is 4.58. The van der Waals surface area contributed by atoms with Gasteiger partial charge in [-0.2, -0.15) is 0 Å². The normalized spacial score (nSPS) is 11.5. The summed E-state index contributed by atoms with van der Waals surface area (Å²) in [6.45, 7) is 2.13. The SMILES string of the molecule is CCC=CC=CSc1ccccc1. The van der Waals surface area contributed by atoms with Gasteiger partial charge in [0, 0.05) is 4.90 Å². The van der Waals surface area contributed by atoms with Gasteiger partial charge >= 0.3 is 0 Å². The second kappa shape index (κ2) is 6.55. The van der Waals surface area contributed by atoms with Gasteiger partial charge in [0.1, 0.15) is 0 Å². The maximum Gasteiger partial charge on any atom is 0.0116 e. The van der Waals surface area contributed by atoms with E-state index < -0.39 is 0 Å². The zero-order chi connectivity index (χ0) is 9.36. The molecule has 0 unspecified atom stereocenters. The number of hydrogen-bond acceptors (Lipinski definition) is 1. The summed E-state index contributed by atoms with van der Waals surface area (Å²) in [4.78, 5) is 1.28. The molecule has 0 saturated heterocycles. The molecule has 1 rings (SSSR count). The lowest BCUT2D eigenvalue weighted by Gasteiger charge is -1.91.